The second-order valence-electron chi connectivity index (χ2n) is 8.59. The first kappa shape index (κ1) is 20.0. The minimum absolute atomic E-state index is 0.152. The number of rotatable bonds is 6. The Morgan fingerprint density at radius 1 is 1.19 bits per heavy atom. The molecule has 162 valence electrons. The first-order chi connectivity index (χ1) is 15.1. The van der Waals surface area contributed by atoms with Crippen molar-refractivity contribution in [2.24, 2.45) is 5.92 Å². The molecule has 1 aliphatic heterocycles. The van der Waals surface area contributed by atoms with Crippen LogP contribution in [0.1, 0.15) is 35.1 Å². The third kappa shape index (κ3) is 4.26. The van der Waals surface area contributed by atoms with Gasteiger partial charge in [-0.2, -0.15) is 0 Å². The fraction of sp³-hybridized carbons (Fsp3) is 0.435. The fourth-order valence-electron chi connectivity index (χ4n) is 4.21. The number of hydrogen-bond acceptors (Lipinski definition) is 6. The van der Waals surface area contributed by atoms with Gasteiger partial charge in [-0.15, -0.1) is 10.2 Å². The molecule has 5 rings (SSSR count). The third-order valence-electron chi connectivity index (χ3n) is 6.26. The SMILES string of the molecule is COc1cccc(NC(=O)c2ccc3nnc([C@@H]4CN(CC5CC5)CCN4C)n3c2)c1. The zero-order chi connectivity index (χ0) is 21.4. The van der Waals surface area contributed by atoms with Crippen molar-refractivity contribution in [3.63, 3.8) is 0 Å². The highest BCUT2D eigenvalue weighted by molar-refractivity contribution is 6.04. The molecule has 2 fully saturated rings. The molecule has 0 unspecified atom stereocenters. The van der Waals surface area contributed by atoms with Crippen LogP contribution in [-0.2, 0) is 0 Å². The number of fused-ring (bicyclic) bond motifs is 1. The van der Waals surface area contributed by atoms with Crippen LogP contribution in [-0.4, -0.2) is 70.6 Å². The normalized spacial score (nSPS) is 20.1. The number of carbonyl (C=O) groups is 1. The van der Waals surface area contributed by atoms with Crippen molar-refractivity contribution in [3.8, 4) is 5.75 Å². The Labute approximate surface area is 181 Å². The van der Waals surface area contributed by atoms with E-state index in [4.69, 9.17) is 4.74 Å². The maximum atomic E-state index is 12.9. The number of anilines is 1. The lowest BCUT2D eigenvalue weighted by Gasteiger charge is -2.38. The van der Waals surface area contributed by atoms with E-state index in [2.05, 4.69) is 32.4 Å². The highest BCUT2D eigenvalue weighted by Gasteiger charge is 2.32. The van der Waals surface area contributed by atoms with Gasteiger partial charge in [0.2, 0.25) is 0 Å². The summed E-state index contributed by atoms with van der Waals surface area (Å²) in [5.74, 6) is 2.27. The van der Waals surface area contributed by atoms with Gasteiger partial charge in [-0.3, -0.25) is 19.0 Å². The molecule has 3 aromatic rings. The van der Waals surface area contributed by atoms with E-state index in [-0.39, 0.29) is 11.9 Å². The van der Waals surface area contributed by atoms with Crippen LogP contribution in [0.4, 0.5) is 5.69 Å². The summed E-state index contributed by atoms with van der Waals surface area (Å²) in [6, 6.07) is 11.1. The smallest absolute Gasteiger partial charge is 0.257 e. The van der Waals surface area contributed by atoms with Gasteiger partial charge in [0.1, 0.15) is 5.75 Å². The number of aromatic nitrogens is 3. The molecule has 1 N–H and O–H groups in total. The van der Waals surface area contributed by atoms with E-state index in [9.17, 15) is 4.79 Å². The van der Waals surface area contributed by atoms with Crippen molar-refractivity contribution in [1.29, 1.82) is 0 Å². The number of pyridine rings is 1. The van der Waals surface area contributed by atoms with Gasteiger partial charge < -0.3 is 10.1 Å². The van der Waals surface area contributed by atoms with E-state index in [1.54, 1.807) is 19.2 Å². The molecule has 8 heteroatoms. The van der Waals surface area contributed by atoms with Crippen molar-refractivity contribution in [2.45, 2.75) is 18.9 Å². The highest BCUT2D eigenvalue weighted by atomic mass is 16.5. The van der Waals surface area contributed by atoms with Crippen LogP contribution in [0, 0.1) is 5.92 Å². The summed E-state index contributed by atoms with van der Waals surface area (Å²) >= 11 is 0. The summed E-state index contributed by atoms with van der Waals surface area (Å²) in [6.07, 6.45) is 4.56. The maximum Gasteiger partial charge on any atom is 0.257 e. The summed E-state index contributed by atoms with van der Waals surface area (Å²) in [5, 5.41) is 11.8. The minimum Gasteiger partial charge on any atom is -0.497 e. The molecule has 31 heavy (non-hydrogen) atoms. The van der Waals surface area contributed by atoms with Crippen molar-refractivity contribution < 1.29 is 9.53 Å². The molecule has 8 nitrogen and oxygen atoms in total. The Balaban J connectivity index is 1.39. The number of amides is 1. The summed E-state index contributed by atoms with van der Waals surface area (Å²) in [5.41, 5.74) is 2.00. The molecule has 0 radical (unpaired) electrons. The number of likely N-dealkylation sites (N-methyl/N-ethyl adjacent to an activating group) is 1. The molecular weight excluding hydrogens is 392 g/mol. The Kier molecular flexibility index (Phi) is 5.33. The summed E-state index contributed by atoms with van der Waals surface area (Å²) < 4.78 is 7.20. The quantitative estimate of drug-likeness (QED) is 0.661. The van der Waals surface area contributed by atoms with Gasteiger partial charge in [0.15, 0.2) is 11.5 Å². The van der Waals surface area contributed by atoms with Crippen molar-refractivity contribution in [2.75, 3.05) is 45.7 Å². The molecule has 3 heterocycles. The summed E-state index contributed by atoms with van der Waals surface area (Å²) in [4.78, 5) is 17.8. The second kappa shape index (κ2) is 8.28. The zero-order valence-electron chi connectivity index (χ0n) is 18.0. The van der Waals surface area contributed by atoms with Crippen LogP contribution in [0.15, 0.2) is 42.6 Å². The molecule has 0 spiro atoms. The topological polar surface area (TPSA) is 75.0 Å². The van der Waals surface area contributed by atoms with E-state index in [0.29, 0.717) is 17.0 Å². The van der Waals surface area contributed by atoms with E-state index in [0.717, 1.165) is 37.0 Å². The van der Waals surface area contributed by atoms with Gasteiger partial charge in [0.25, 0.3) is 5.91 Å². The highest BCUT2D eigenvalue weighted by Crippen LogP contribution is 2.32. The molecular formula is C23H28N6O2. The molecule has 1 amide bonds. The molecule has 1 saturated carbocycles. The van der Waals surface area contributed by atoms with Gasteiger partial charge >= 0.3 is 0 Å². The number of carbonyl (C=O) groups excluding carboxylic acids is 1. The zero-order valence-corrected chi connectivity index (χ0v) is 18.0. The number of ether oxygens (including phenoxy) is 1. The predicted molar refractivity (Wildman–Crippen MR) is 118 cm³/mol. The van der Waals surface area contributed by atoms with Crippen LogP contribution in [0.2, 0.25) is 0 Å². The maximum absolute atomic E-state index is 12.9. The number of hydrogen-bond donors (Lipinski definition) is 1. The Bertz CT molecular complexity index is 1090. The molecule has 2 aromatic heterocycles. The van der Waals surface area contributed by atoms with Crippen molar-refractivity contribution in [1.82, 2.24) is 24.4 Å². The van der Waals surface area contributed by atoms with Crippen molar-refractivity contribution >= 4 is 17.2 Å². The van der Waals surface area contributed by atoms with E-state index in [1.807, 2.05) is 34.9 Å². The average Bonchev–Trinajstić information content (AvgIpc) is 3.50. The molecule has 1 saturated heterocycles. The number of nitrogens with one attached hydrogen (secondary N) is 1. The van der Waals surface area contributed by atoms with Crippen LogP contribution in [0.25, 0.3) is 5.65 Å². The van der Waals surface area contributed by atoms with Crippen LogP contribution in [0.5, 0.6) is 5.75 Å². The van der Waals surface area contributed by atoms with E-state index in [1.165, 1.54) is 19.4 Å². The standard InChI is InChI=1S/C23H28N6O2/c1-27-10-11-28(13-16-6-7-16)15-20(27)22-26-25-21-9-8-17(14-29(21)22)23(30)24-18-4-3-5-19(12-18)31-2/h3-5,8-9,12,14,16,20H,6-7,10-11,13,15H2,1-2H3,(H,24,30)/t20-/m0/s1. The van der Waals surface area contributed by atoms with E-state index >= 15 is 0 Å². The molecule has 1 atom stereocenters. The summed E-state index contributed by atoms with van der Waals surface area (Å²) in [7, 11) is 3.75. The Morgan fingerprint density at radius 3 is 2.87 bits per heavy atom. The largest absolute Gasteiger partial charge is 0.497 e. The number of piperazine rings is 1. The van der Waals surface area contributed by atoms with Gasteiger partial charge in [-0.25, -0.2) is 0 Å². The lowest BCUT2D eigenvalue weighted by atomic mass is 10.1. The Morgan fingerprint density at radius 2 is 2.06 bits per heavy atom. The minimum atomic E-state index is -0.179. The van der Waals surface area contributed by atoms with Crippen LogP contribution >= 0.6 is 0 Å². The monoisotopic (exact) mass is 420 g/mol. The Hall–Kier alpha value is -2.97. The lowest BCUT2D eigenvalue weighted by Crippen LogP contribution is -2.47. The van der Waals surface area contributed by atoms with Crippen LogP contribution in [0.3, 0.4) is 0 Å². The number of benzene rings is 1. The van der Waals surface area contributed by atoms with Gasteiger partial charge in [0, 0.05) is 44.1 Å². The fourth-order valence-corrected chi connectivity index (χ4v) is 4.21. The second-order valence-corrected chi connectivity index (χ2v) is 8.59. The average molecular weight is 421 g/mol. The first-order valence-electron chi connectivity index (χ1n) is 10.8. The van der Waals surface area contributed by atoms with Gasteiger partial charge in [-0.05, 0) is 50.1 Å². The van der Waals surface area contributed by atoms with Gasteiger partial charge in [-0.1, -0.05) is 6.07 Å². The van der Waals surface area contributed by atoms with E-state index < -0.39 is 0 Å². The number of nitrogens with zero attached hydrogens (tertiary/aromatic N) is 5. The molecule has 1 aliphatic carbocycles. The van der Waals surface area contributed by atoms with Crippen molar-refractivity contribution in [3.05, 3.63) is 54.0 Å². The molecule has 2 aliphatic rings. The summed E-state index contributed by atoms with van der Waals surface area (Å²) in [6.45, 7) is 4.21. The van der Waals surface area contributed by atoms with Crippen LogP contribution < -0.4 is 10.1 Å². The lowest BCUT2D eigenvalue weighted by molar-refractivity contribution is 0.0870. The molecule has 1 aromatic carbocycles. The molecule has 0 bridgehead atoms. The third-order valence-corrected chi connectivity index (χ3v) is 6.26. The van der Waals surface area contributed by atoms with Gasteiger partial charge in [0.05, 0.1) is 18.7 Å². The predicted octanol–water partition coefficient (Wildman–Crippen LogP) is 2.69. The number of methoxy groups -OCH3 is 1. The first-order valence-corrected chi connectivity index (χ1v) is 10.8.